The summed E-state index contributed by atoms with van der Waals surface area (Å²) in [6, 6.07) is 12.6. The number of carbonyl (C=O) groups is 1. The molecule has 0 fully saturated rings. The summed E-state index contributed by atoms with van der Waals surface area (Å²) >= 11 is 7.45. The molecule has 0 bridgehead atoms. The van der Waals surface area contributed by atoms with Crippen molar-refractivity contribution in [2.24, 2.45) is 4.99 Å². The molecular formula is C21H16ClN3O3S. The van der Waals surface area contributed by atoms with Crippen LogP contribution in [-0.2, 0) is 0 Å². The number of aromatic nitrogens is 1. The molecule has 0 saturated heterocycles. The van der Waals surface area contributed by atoms with E-state index in [0.29, 0.717) is 27.2 Å². The maximum atomic E-state index is 13.0. The molecule has 0 spiro atoms. The highest BCUT2D eigenvalue weighted by molar-refractivity contribution is 7.13. The molecule has 2 aromatic heterocycles. The third-order valence-electron chi connectivity index (χ3n) is 4.25. The fraction of sp³-hybridized carbons (Fsp3) is 0.0952. The van der Waals surface area contributed by atoms with E-state index in [1.807, 2.05) is 25.1 Å². The fourth-order valence-electron chi connectivity index (χ4n) is 2.79. The second-order valence-electron chi connectivity index (χ2n) is 6.18. The lowest BCUT2D eigenvalue weighted by Gasteiger charge is -2.08. The molecule has 0 aliphatic rings. The molecule has 0 radical (unpaired) electrons. The van der Waals surface area contributed by atoms with E-state index < -0.39 is 0 Å². The topological polar surface area (TPSA) is 76.7 Å². The van der Waals surface area contributed by atoms with Crippen LogP contribution >= 0.6 is 22.9 Å². The average molecular weight is 426 g/mol. The minimum absolute atomic E-state index is 0.154. The summed E-state index contributed by atoms with van der Waals surface area (Å²) in [4.78, 5) is 21.6. The van der Waals surface area contributed by atoms with Gasteiger partial charge in [-0.2, -0.15) is 0 Å². The summed E-state index contributed by atoms with van der Waals surface area (Å²) in [5.74, 6) is 0.181. The maximum Gasteiger partial charge on any atom is 0.262 e. The number of methoxy groups -OCH3 is 1. The van der Waals surface area contributed by atoms with Crippen molar-refractivity contribution in [3.8, 4) is 5.75 Å². The highest BCUT2D eigenvalue weighted by Crippen LogP contribution is 2.26. The summed E-state index contributed by atoms with van der Waals surface area (Å²) in [6.07, 6.45) is 1.62. The van der Waals surface area contributed by atoms with Crippen molar-refractivity contribution in [1.29, 1.82) is 0 Å². The van der Waals surface area contributed by atoms with E-state index in [-0.39, 0.29) is 17.0 Å². The molecular weight excluding hydrogens is 410 g/mol. The van der Waals surface area contributed by atoms with Crippen LogP contribution in [0.4, 0.5) is 10.8 Å². The number of nitrogens with one attached hydrogen (secondary N) is 1. The van der Waals surface area contributed by atoms with Gasteiger partial charge in [0.1, 0.15) is 5.56 Å². The lowest BCUT2D eigenvalue weighted by atomic mass is 10.1. The molecule has 4 aromatic rings. The molecule has 0 saturated carbocycles. The van der Waals surface area contributed by atoms with Crippen molar-refractivity contribution in [1.82, 2.24) is 4.98 Å². The van der Waals surface area contributed by atoms with E-state index in [1.165, 1.54) is 11.3 Å². The zero-order valence-corrected chi connectivity index (χ0v) is 17.2. The van der Waals surface area contributed by atoms with Crippen LogP contribution in [-0.4, -0.2) is 18.0 Å². The molecule has 146 valence electrons. The van der Waals surface area contributed by atoms with Crippen molar-refractivity contribution in [2.75, 3.05) is 12.4 Å². The number of rotatable bonds is 4. The molecule has 4 rings (SSSR count). The smallest absolute Gasteiger partial charge is 0.262 e. The second-order valence-corrected chi connectivity index (χ2v) is 7.51. The normalized spacial score (nSPS) is 11.6. The van der Waals surface area contributed by atoms with Gasteiger partial charge < -0.3 is 9.15 Å². The number of anilines is 1. The summed E-state index contributed by atoms with van der Waals surface area (Å²) in [5, 5.41) is 6.31. The largest absolute Gasteiger partial charge is 0.493 e. The first kappa shape index (κ1) is 19.2. The van der Waals surface area contributed by atoms with E-state index in [2.05, 4.69) is 15.3 Å². The lowest BCUT2D eigenvalue weighted by molar-refractivity contribution is 0.102. The second kappa shape index (κ2) is 8.06. The van der Waals surface area contributed by atoms with Gasteiger partial charge in [0.15, 0.2) is 16.5 Å². The molecule has 1 N–H and O–H groups in total. The Kier molecular flexibility index (Phi) is 5.33. The zero-order chi connectivity index (χ0) is 20.4. The Morgan fingerprint density at radius 1 is 1.28 bits per heavy atom. The van der Waals surface area contributed by atoms with Crippen LogP contribution < -0.4 is 15.6 Å². The molecule has 1 amide bonds. The predicted molar refractivity (Wildman–Crippen MR) is 114 cm³/mol. The van der Waals surface area contributed by atoms with E-state index in [0.717, 1.165) is 10.9 Å². The molecule has 8 heteroatoms. The Labute approximate surface area is 175 Å². The Bertz CT molecular complexity index is 1270. The molecule has 2 heterocycles. The molecule has 0 aliphatic carbocycles. The minimum atomic E-state index is -0.369. The van der Waals surface area contributed by atoms with Gasteiger partial charge in [0.05, 0.1) is 12.8 Å². The van der Waals surface area contributed by atoms with Crippen LogP contribution in [0, 0.1) is 6.92 Å². The summed E-state index contributed by atoms with van der Waals surface area (Å²) in [7, 11) is 1.56. The average Bonchev–Trinajstić information content (AvgIpc) is 3.22. The van der Waals surface area contributed by atoms with E-state index in [9.17, 15) is 4.79 Å². The first-order valence-electron chi connectivity index (χ1n) is 8.68. The highest BCUT2D eigenvalue weighted by Gasteiger charge is 2.16. The molecule has 6 nitrogen and oxygen atoms in total. The fourth-order valence-corrected chi connectivity index (χ4v) is 3.48. The van der Waals surface area contributed by atoms with Crippen LogP contribution in [0.2, 0.25) is 5.02 Å². The van der Waals surface area contributed by atoms with Crippen molar-refractivity contribution >= 4 is 50.6 Å². The van der Waals surface area contributed by atoms with Crippen LogP contribution in [0.1, 0.15) is 15.9 Å². The maximum absolute atomic E-state index is 13.0. The SMILES string of the molecule is COc1cccc2cc(C(=O)Nc3nccs3)c(=Nc3cc(Cl)ccc3C)oc12. The number of thiazole rings is 1. The van der Waals surface area contributed by atoms with Gasteiger partial charge in [-0.25, -0.2) is 9.98 Å². The van der Waals surface area contributed by atoms with Crippen LogP contribution in [0.15, 0.2) is 63.5 Å². The number of amides is 1. The first-order chi connectivity index (χ1) is 14.0. The standard InChI is InChI=1S/C21H16ClN3O3S/c1-12-6-7-14(22)11-16(12)24-20-15(19(26)25-21-23-8-9-29-21)10-13-4-3-5-17(27-2)18(13)28-20/h3-11H,1-2H3,(H,23,25,26). The molecule has 29 heavy (non-hydrogen) atoms. The number of halogens is 1. The van der Waals surface area contributed by atoms with Crippen molar-refractivity contribution in [3.63, 3.8) is 0 Å². The first-order valence-corrected chi connectivity index (χ1v) is 9.93. The Morgan fingerprint density at radius 2 is 2.14 bits per heavy atom. The Balaban J connectivity index is 1.95. The van der Waals surface area contributed by atoms with Gasteiger partial charge in [0.2, 0.25) is 5.55 Å². The van der Waals surface area contributed by atoms with Crippen molar-refractivity contribution < 1.29 is 13.9 Å². The number of hydrogen-bond acceptors (Lipinski definition) is 6. The number of benzene rings is 2. The van der Waals surface area contributed by atoms with Crippen LogP contribution in [0.3, 0.4) is 0 Å². The van der Waals surface area contributed by atoms with Gasteiger partial charge >= 0.3 is 0 Å². The number of aryl methyl sites for hydroxylation is 1. The number of ether oxygens (including phenoxy) is 1. The van der Waals surface area contributed by atoms with Gasteiger partial charge in [-0.05, 0) is 36.8 Å². The van der Waals surface area contributed by atoms with E-state index in [1.54, 1.807) is 43.0 Å². The van der Waals surface area contributed by atoms with Gasteiger partial charge in [0.25, 0.3) is 5.91 Å². The number of nitrogens with zero attached hydrogens (tertiary/aromatic N) is 2. The molecule has 0 atom stereocenters. The summed E-state index contributed by atoms with van der Waals surface area (Å²) in [6.45, 7) is 1.91. The third-order valence-corrected chi connectivity index (χ3v) is 5.17. The molecule has 0 aliphatic heterocycles. The number of hydrogen-bond donors (Lipinski definition) is 1. The zero-order valence-electron chi connectivity index (χ0n) is 15.6. The summed E-state index contributed by atoms with van der Waals surface area (Å²) in [5.41, 5.74) is 2.44. The number of fused-ring (bicyclic) bond motifs is 1. The molecule has 0 unspecified atom stereocenters. The Morgan fingerprint density at radius 3 is 2.90 bits per heavy atom. The van der Waals surface area contributed by atoms with Crippen molar-refractivity contribution in [3.05, 3.63) is 75.7 Å². The van der Waals surface area contributed by atoms with Gasteiger partial charge in [-0.3, -0.25) is 10.1 Å². The predicted octanol–water partition coefficient (Wildman–Crippen LogP) is 5.34. The van der Waals surface area contributed by atoms with Gasteiger partial charge in [-0.15, -0.1) is 11.3 Å². The van der Waals surface area contributed by atoms with Crippen LogP contribution in [0.25, 0.3) is 11.0 Å². The lowest BCUT2D eigenvalue weighted by Crippen LogP contribution is -2.21. The monoisotopic (exact) mass is 425 g/mol. The summed E-state index contributed by atoms with van der Waals surface area (Å²) < 4.78 is 11.4. The van der Waals surface area contributed by atoms with Crippen LogP contribution in [0.5, 0.6) is 5.75 Å². The highest BCUT2D eigenvalue weighted by atomic mass is 35.5. The third kappa shape index (κ3) is 4.01. The van der Waals surface area contributed by atoms with Gasteiger partial charge in [-0.1, -0.05) is 29.8 Å². The quantitative estimate of drug-likeness (QED) is 0.478. The molecule has 2 aromatic carbocycles. The number of carbonyl (C=O) groups excluding carboxylic acids is 1. The van der Waals surface area contributed by atoms with E-state index in [4.69, 9.17) is 20.8 Å². The van der Waals surface area contributed by atoms with E-state index >= 15 is 0 Å². The van der Waals surface area contributed by atoms with Crippen molar-refractivity contribution in [2.45, 2.75) is 6.92 Å². The Hall–Kier alpha value is -3.16. The number of para-hydroxylation sites is 1. The minimum Gasteiger partial charge on any atom is -0.493 e. The van der Waals surface area contributed by atoms with Gasteiger partial charge in [0, 0.05) is 22.0 Å².